The van der Waals surface area contributed by atoms with E-state index in [0.717, 1.165) is 56.1 Å². The SMILES string of the molecule is Cc1ccccc1Oc1c(C)c(C)c(NC(=S)NC(=O)c2c(C)cccc2C)c(C)c1C. The van der Waals surface area contributed by atoms with E-state index in [0.29, 0.717) is 5.56 Å². The molecule has 0 aliphatic carbocycles. The van der Waals surface area contributed by atoms with E-state index in [4.69, 9.17) is 17.0 Å². The molecule has 2 N–H and O–H groups in total. The van der Waals surface area contributed by atoms with E-state index in [9.17, 15) is 4.79 Å². The van der Waals surface area contributed by atoms with Crippen molar-refractivity contribution in [3.63, 3.8) is 0 Å². The first-order valence-corrected chi connectivity index (χ1v) is 11.0. The molecule has 0 atom stereocenters. The standard InChI is InChI=1S/C27H30N2O2S/c1-15-11-8-9-14-22(15)31-25-20(6)18(4)24(19(5)21(25)7)28-27(32)29-26(30)23-16(2)12-10-13-17(23)3/h8-14H,1-7H3,(H2,28,29,30,32). The van der Waals surface area contributed by atoms with Crippen molar-refractivity contribution in [2.45, 2.75) is 48.5 Å². The molecular formula is C27H30N2O2S. The van der Waals surface area contributed by atoms with Crippen LogP contribution < -0.4 is 15.4 Å². The van der Waals surface area contributed by atoms with Crippen molar-refractivity contribution in [1.29, 1.82) is 0 Å². The minimum atomic E-state index is -0.207. The number of nitrogens with one attached hydrogen (secondary N) is 2. The largest absolute Gasteiger partial charge is 0.457 e. The summed E-state index contributed by atoms with van der Waals surface area (Å²) in [5.74, 6) is 1.49. The highest BCUT2D eigenvalue weighted by molar-refractivity contribution is 7.80. The summed E-state index contributed by atoms with van der Waals surface area (Å²) in [6.45, 7) is 14.0. The predicted molar refractivity (Wildman–Crippen MR) is 136 cm³/mol. The lowest BCUT2D eigenvalue weighted by Gasteiger charge is -2.22. The molecule has 32 heavy (non-hydrogen) atoms. The fourth-order valence-corrected chi connectivity index (χ4v) is 4.08. The summed E-state index contributed by atoms with van der Waals surface area (Å²) in [7, 11) is 0. The van der Waals surface area contributed by atoms with Gasteiger partial charge in [0.05, 0.1) is 0 Å². The van der Waals surface area contributed by atoms with Crippen molar-refractivity contribution in [2.75, 3.05) is 5.32 Å². The van der Waals surface area contributed by atoms with E-state index >= 15 is 0 Å². The molecule has 4 nitrogen and oxygen atoms in total. The third-order valence-electron chi connectivity index (χ3n) is 6.04. The van der Waals surface area contributed by atoms with Gasteiger partial charge in [0.1, 0.15) is 11.5 Å². The summed E-state index contributed by atoms with van der Waals surface area (Å²) < 4.78 is 6.31. The number of aryl methyl sites for hydroxylation is 3. The van der Waals surface area contributed by atoms with Crippen molar-refractivity contribution >= 4 is 28.9 Å². The van der Waals surface area contributed by atoms with Gasteiger partial charge in [-0.05, 0) is 106 Å². The zero-order valence-corrected chi connectivity index (χ0v) is 20.6. The third kappa shape index (κ3) is 4.68. The van der Waals surface area contributed by atoms with Crippen LogP contribution in [0, 0.1) is 48.5 Å². The van der Waals surface area contributed by atoms with Crippen molar-refractivity contribution < 1.29 is 9.53 Å². The lowest BCUT2D eigenvalue weighted by atomic mass is 9.97. The highest BCUT2D eigenvalue weighted by Gasteiger charge is 2.19. The van der Waals surface area contributed by atoms with E-state index in [2.05, 4.69) is 10.6 Å². The molecule has 5 heteroatoms. The summed E-state index contributed by atoms with van der Waals surface area (Å²) in [6.07, 6.45) is 0. The highest BCUT2D eigenvalue weighted by atomic mass is 32.1. The Labute approximate surface area is 196 Å². The lowest BCUT2D eigenvalue weighted by Crippen LogP contribution is -2.35. The van der Waals surface area contributed by atoms with Crippen LogP contribution in [0.4, 0.5) is 5.69 Å². The molecule has 0 unspecified atom stereocenters. The second-order valence-electron chi connectivity index (χ2n) is 8.25. The second kappa shape index (κ2) is 9.53. The average molecular weight is 447 g/mol. The Morgan fingerprint density at radius 1 is 0.750 bits per heavy atom. The molecule has 3 rings (SSSR count). The Kier molecular flexibility index (Phi) is 6.99. The van der Waals surface area contributed by atoms with Gasteiger partial charge in [-0.25, -0.2) is 0 Å². The highest BCUT2D eigenvalue weighted by Crippen LogP contribution is 2.38. The summed E-state index contributed by atoms with van der Waals surface area (Å²) >= 11 is 5.49. The van der Waals surface area contributed by atoms with Gasteiger partial charge in [-0.15, -0.1) is 0 Å². The molecule has 0 aliphatic heterocycles. The molecule has 3 aromatic rings. The molecule has 0 aliphatic rings. The van der Waals surface area contributed by atoms with Crippen LogP contribution in [0.3, 0.4) is 0 Å². The number of hydrogen-bond acceptors (Lipinski definition) is 3. The number of rotatable bonds is 4. The molecule has 0 bridgehead atoms. The maximum Gasteiger partial charge on any atom is 0.257 e. The van der Waals surface area contributed by atoms with Crippen molar-refractivity contribution in [1.82, 2.24) is 5.32 Å². The normalized spacial score (nSPS) is 10.6. The van der Waals surface area contributed by atoms with Gasteiger partial charge in [0.15, 0.2) is 5.11 Å². The number of ether oxygens (including phenoxy) is 1. The molecule has 0 saturated carbocycles. The number of benzene rings is 3. The van der Waals surface area contributed by atoms with Gasteiger partial charge in [-0.2, -0.15) is 0 Å². The molecule has 166 valence electrons. The number of carbonyl (C=O) groups excluding carboxylic acids is 1. The van der Waals surface area contributed by atoms with Gasteiger partial charge in [0.2, 0.25) is 0 Å². The molecule has 3 aromatic carbocycles. The first-order valence-electron chi connectivity index (χ1n) is 10.6. The first kappa shape index (κ1) is 23.5. The summed E-state index contributed by atoms with van der Waals surface area (Å²) in [5, 5.41) is 6.35. The minimum Gasteiger partial charge on any atom is -0.457 e. The van der Waals surface area contributed by atoms with Gasteiger partial charge in [-0.1, -0.05) is 36.4 Å². The zero-order valence-electron chi connectivity index (χ0n) is 19.8. The van der Waals surface area contributed by atoms with Gasteiger partial charge in [0, 0.05) is 11.3 Å². The van der Waals surface area contributed by atoms with Gasteiger partial charge >= 0.3 is 0 Å². The summed E-state index contributed by atoms with van der Waals surface area (Å²) in [4.78, 5) is 12.8. The Balaban J connectivity index is 1.86. The molecular weight excluding hydrogens is 416 g/mol. The maximum atomic E-state index is 12.8. The number of anilines is 1. The van der Waals surface area contributed by atoms with Crippen LogP contribution >= 0.6 is 12.2 Å². The van der Waals surface area contributed by atoms with Gasteiger partial charge in [-0.3, -0.25) is 10.1 Å². The van der Waals surface area contributed by atoms with Crippen LogP contribution in [0.25, 0.3) is 0 Å². The quantitative estimate of drug-likeness (QED) is 0.435. The Morgan fingerprint density at radius 3 is 1.84 bits per heavy atom. The van der Waals surface area contributed by atoms with E-state index < -0.39 is 0 Å². The van der Waals surface area contributed by atoms with E-state index in [1.165, 1.54) is 0 Å². The fraction of sp³-hybridized carbons (Fsp3) is 0.259. The first-order chi connectivity index (χ1) is 15.1. The summed E-state index contributed by atoms with van der Waals surface area (Å²) in [6, 6.07) is 13.8. The van der Waals surface area contributed by atoms with Crippen molar-refractivity contribution in [3.05, 3.63) is 87.0 Å². The third-order valence-corrected chi connectivity index (χ3v) is 6.24. The van der Waals surface area contributed by atoms with Crippen LogP contribution in [0.5, 0.6) is 11.5 Å². The van der Waals surface area contributed by atoms with Crippen molar-refractivity contribution in [2.24, 2.45) is 0 Å². The van der Waals surface area contributed by atoms with E-state index in [1.807, 2.05) is 90.9 Å². The molecule has 0 spiro atoms. The molecule has 0 fully saturated rings. The maximum absolute atomic E-state index is 12.8. The smallest absolute Gasteiger partial charge is 0.257 e. The van der Waals surface area contributed by atoms with Crippen molar-refractivity contribution in [3.8, 4) is 11.5 Å². The number of hydrogen-bond donors (Lipinski definition) is 2. The Morgan fingerprint density at radius 2 is 1.28 bits per heavy atom. The van der Waals surface area contributed by atoms with Crippen LogP contribution in [0.1, 0.15) is 49.3 Å². The minimum absolute atomic E-state index is 0.207. The van der Waals surface area contributed by atoms with Gasteiger partial charge < -0.3 is 10.1 Å². The lowest BCUT2D eigenvalue weighted by molar-refractivity contribution is 0.0976. The number of thiocarbonyl (C=S) groups is 1. The average Bonchev–Trinajstić information content (AvgIpc) is 2.74. The molecule has 0 radical (unpaired) electrons. The molecule has 0 saturated heterocycles. The predicted octanol–water partition coefficient (Wildman–Crippen LogP) is 6.76. The Bertz CT molecular complexity index is 1170. The summed E-state index contributed by atoms with van der Waals surface area (Å²) in [5.41, 5.74) is 8.58. The van der Waals surface area contributed by atoms with Crippen LogP contribution in [0.15, 0.2) is 42.5 Å². The molecule has 1 amide bonds. The number of carbonyl (C=O) groups is 1. The van der Waals surface area contributed by atoms with Gasteiger partial charge in [0.25, 0.3) is 5.91 Å². The zero-order chi connectivity index (χ0) is 23.6. The fourth-order valence-electron chi connectivity index (χ4n) is 3.88. The number of para-hydroxylation sites is 1. The van der Waals surface area contributed by atoms with Crippen LogP contribution in [-0.2, 0) is 0 Å². The topological polar surface area (TPSA) is 50.4 Å². The van der Waals surface area contributed by atoms with E-state index in [1.54, 1.807) is 0 Å². The monoisotopic (exact) mass is 446 g/mol. The van der Waals surface area contributed by atoms with Crippen LogP contribution in [-0.4, -0.2) is 11.0 Å². The van der Waals surface area contributed by atoms with Crippen LogP contribution in [0.2, 0.25) is 0 Å². The number of amides is 1. The molecule has 0 heterocycles. The molecule has 0 aromatic heterocycles. The van der Waals surface area contributed by atoms with E-state index in [-0.39, 0.29) is 11.0 Å². The Hall–Kier alpha value is -3.18. The second-order valence-corrected chi connectivity index (χ2v) is 8.65.